The van der Waals surface area contributed by atoms with Gasteiger partial charge < -0.3 is 18.9 Å². The number of rotatable bonds is 19. The van der Waals surface area contributed by atoms with Crippen LogP contribution in [0.5, 0.6) is 11.5 Å². The monoisotopic (exact) mass is 603 g/mol. The van der Waals surface area contributed by atoms with Crippen LogP contribution >= 0.6 is 0 Å². The standard InChI is InChI=1S/C34H37NO9/c1-25(24-33(39)41-2)34(40)44-22-6-4-3-5-21-42-29-15-11-27(12-16-29)30(36)17-10-26-8-13-28(14-9-26)43-23-7-20-35-31(37)18-19-32(35)38/h8-19H,1,3-7,20-24H2,2H3/b17-10+. The summed E-state index contributed by atoms with van der Waals surface area (Å²) in [6.07, 6.45) is 9.40. The highest BCUT2D eigenvalue weighted by atomic mass is 16.5. The molecule has 1 aliphatic heterocycles. The average Bonchev–Trinajstić information content (AvgIpc) is 3.36. The summed E-state index contributed by atoms with van der Waals surface area (Å²) in [5.41, 5.74) is 1.46. The first-order valence-corrected chi connectivity index (χ1v) is 14.4. The molecular weight excluding hydrogens is 566 g/mol. The van der Waals surface area contributed by atoms with E-state index in [-0.39, 0.29) is 36.2 Å². The molecule has 2 aromatic carbocycles. The number of carbonyl (C=O) groups excluding carboxylic acids is 5. The van der Waals surface area contributed by atoms with Crippen molar-refractivity contribution in [3.63, 3.8) is 0 Å². The quantitative estimate of drug-likeness (QED) is 0.0726. The molecule has 1 heterocycles. The molecule has 0 saturated heterocycles. The van der Waals surface area contributed by atoms with E-state index in [0.29, 0.717) is 49.7 Å². The maximum Gasteiger partial charge on any atom is 0.333 e. The number of allylic oxidation sites excluding steroid dienone is 1. The normalized spacial score (nSPS) is 12.4. The Morgan fingerprint density at radius 2 is 1.34 bits per heavy atom. The van der Waals surface area contributed by atoms with Gasteiger partial charge in [-0.25, -0.2) is 4.79 Å². The number of ether oxygens (including phenoxy) is 4. The minimum Gasteiger partial charge on any atom is -0.494 e. The zero-order valence-electron chi connectivity index (χ0n) is 24.8. The van der Waals surface area contributed by atoms with Crippen molar-refractivity contribution in [2.45, 2.75) is 38.5 Å². The van der Waals surface area contributed by atoms with Crippen molar-refractivity contribution in [3.8, 4) is 11.5 Å². The predicted octanol–water partition coefficient (Wildman–Crippen LogP) is 4.88. The van der Waals surface area contributed by atoms with Crippen molar-refractivity contribution in [1.82, 2.24) is 4.90 Å². The molecule has 0 spiro atoms. The van der Waals surface area contributed by atoms with Crippen molar-refractivity contribution in [1.29, 1.82) is 0 Å². The summed E-state index contributed by atoms with van der Waals surface area (Å²) in [4.78, 5) is 59.8. The lowest BCUT2D eigenvalue weighted by molar-refractivity contribution is -0.144. The Labute approximate surface area is 256 Å². The number of esters is 2. The second kappa shape index (κ2) is 17.8. The maximum absolute atomic E-state index is 12.6. The first kappa shape index (κ1) is 33.5. The number of nitrogens with zero attached hydrogens (tertiary/aromatic N) is 1. The third-order valence-corrected chi connectivity index (χ3v) is 6.56. The van der Waals surface area contributed by atoms with Crippen molar-refractivity contribution in [3.05, 3.63) is 90.0 Å². The van der Waals surface area contributed by atoms with Crippen LogP contribution in [0, 0.1) is 0 Å². The molecule has 10 nitrogen and oxygen atoms in total. The Kier molecular flexibility index (Phi) is 13.6. The van der Waals surface area contributed by atoms with Crippen LogP contribution in [0.25, 0.3) is 6.08 Å². The van der Waals surface area contributed by atoms with Crippen molar-refractivity contribution >= 4 is 35.6 Å². The summed E-state index contributed by atoms with van der Waals surface area (Å²) in [6, 6.07) is 14.2. The number of carbonyl (C=O) groups is 5. The summed E-state index contributed by atoms with van der Waals surface area (Å²) in [6.45, 7) is 5.00. The molecule has 0 radical (unpaired) electrons. The molecule has 0 fully saturated rings. The third-order valence-electron chi connectivity index (χ3n) is 6.56. The topological polar surface area (TPSA) is 126 Å². The van der Waals surface area contributed by atoms with Crippen molar-refractivity contribution in [2.24, 2.45) is 0 Å². The molecule has 0 atom stereocenters. The van der Waals surface area contributed by atoms with Gasteiger partial charge in [-0.1, -0.05) is 24.8 Å². The second-order valence-electron chi connectivity index (χ2n) is 9.91. The fourth-order valence-corrected chi connectivity index (χ4v) is 4.06. The molecule has 0 saturated carbocycles. The highest BCUT2D eigenvalue weighted by Crippen LogP contribution is 2.17. The van der Waals surface area contributed by atoms with Gasteiger partial charge in [0.1, 0.15) is 11.5 Å². The third kappa shape index (κ3) is 11.4. The van der Waals surface area contributed by atoms with Gasteiger partial charge in [-0.3, -0.25) is 24.1 Å². The highest BCUT2D eigenvalue weighted by Gasteiger charge is 2.22. The lowest BCUT2D eigenvalue weighted by Gasteiger charge is -2.13. The van der Waals surface area contributed by atoms with Gasteiger partial charge in [-0.05, 0) is 80.1 Å². The van der Waals surface area contributed by atoms with Gasteiger partial charge in [0, 0.05) is 29.8 Å². The molecule has 0 aliphatic carbocycles. The van der Waals surface area contributed by atoms with Crippen molar-refractivity contribution < 1.29 is 42.9 Å². The fourth-order valence-electron chi connectivity index (χ4n) is 4.06. The number of benzene rings is 2. The van der Waals surface area contributed by atoms with Crippen LogP contribution in [0.2, 0.25) is 0 Å². The summed E-state index contributed by atoms with van der Waals surface area (Å²) < 4.78 is 21.0. The van der Waals surface area contributed by atoms with E-state index in [9.17, 15) is 24.0 Å². The molecule has 2 amide bonds. The van der Waals surface area contributed by atoms with Gasteiger partial charge in [-0.2, -0.15) is 0 Å². The Hall–Kier alpha value is -4.99. The van der Waals surface area contributed by atoms with Gasteiger partial charge in [0.05, 0.1) is 33.4 Å². The lowest BCUT2D eigenvalue weighted by atomic mass is 10.1. The molecule has 0 N–H and O–H groups in total. The number of hydrogen-bond acceptors (Lipinski definition) is 9. The van der Waals surface area contributed by atoms with Crippen LogP contribution in [0.4, 0.5) is 0 Å². The number of amides is 2. The number of imide groups is 1. The van der Waals surface area contributed by atoms with Gasteiger partial charge in [0.15, 0.2) is 5.78 Å². The lowest BCUT2D eigenvalue weighted by Crippen LogP contribution is -2.31. The maximum atomic E-state index is 12.6. The molecule has 44 heavy (non-hydrogen) atoms. The van der Waals surface area contributed by atoms with Crippen molar-refractivity contribution in [2.75, 3.05) is 33.5 Å². The van der Waals surface area contributed by atoms with Gasteiger partial charge >= 0.3 is 11.9 Å². The van der Waals surface area contributed by atoms with Gasteiger partial charge in [-0.15, -0.1) is 0 Å². The summed E-state index contributed by atoms with van der Waals surface area (Å²) in [5.74, 6) is -0.517. The molecule has 232 valence electrons. The minimum atomic E-state index is -0.587. The molecular formula is C34H37NO9. The molecule has 10 heteroatoms. The Morgan fingerprint density at radius 1 is 0.773 bits per heavy atom. The molecule has 0 bridgehead atoms. The van der Waals surface area contributed by atoms with E-state index < -0.39 is 11.9 Å². The van der Waals surface area contributed by atoms with Crippen LogP contribution < -0.4 is 9.47 Å². The van der Waals surface area contributed by atoms with E-state index in [0.717, 1.165) is 24.8 Å². The van der Waals surface area contributed by atoms with E-state index >= 15 is 0 Å². The molecule has 0 unspecified atom stereocenters. The highest BCUT2D eigenvalue weighted by molar-refractivity contribution is 6.12. The smallest absolute Gasteiger partial charge is 0.333 e. The Balaban J connectivity index is 1.27. The first-order chi connectivity index (χ1) is 21.3. The van der Waals surface area contributed by atoms with E-state index in [2.05, 4.69) is 11.3 Å². The van der Waals surface area contributed by atoms with Gasteiger partial charge in [0.2, 0.25) is 0 Å². The molecule has 1 aliphatic rings. The summed E-state index contributed by atoms with van der Waals surface area (Å²) >= 11 is 0. The number of hydrogen-bond donors (Lipinski definition) is 0. The van der Waals surface area contributed by atoms with Crippen LogP contribution in [0.15, 0.2) is 78.9 Å². The summed E-state index contributed by atoms with van der Waals surface area (Å²) in [7, 11) is 1.25. The first-order valence-electron chi connectivity index (χ1n) is 14.4. The number of ketones is 1. The van der Waals surface area contributed by atoms with Crippen LogP contribution in [0.1, 0.15) is 54.4 Å². The molecule has 3 rings (SSSR count). The largest absolute Gasteiger partial charge is 0.494 e. The van der Waals surface area contributed by atoms with E-state index in [1.165, 1.54) is 30.2 Å². The SMILES string of the molecule is C=C(CC(=O)OC)C(=O)OCCCCCCOc1ccc(C(=O)/C=C/c2ccc(OCCCN3C(=O)C=CC3=O)cc2)cc1. The van der Waals surface area contributed by atoms with Crippen LogP contribution in [0.3, 0.4) is 0 Å². The molecule has 0 aromatic heterocycles. The Bertz CT molecular complexity index is 1360. The summed E-state index contributed by atoms with van der Waals surface area (Å²) in [5, 5.41) is 0. The zero-order chi connectivity index (χ0) is 31.7. The average molecular weight is 604 g/mol. The number of unbranched alkanes of at least 4 members (excludes halogenated alkanes) is 3. The van der Waals surface area contributed by atoms with Gasteiger partial charge in [0.25, 0.3) is 11.8 Å². The number of methoxy groups -OCH3 is 1. The molecule has 2 aromatic rings. The Morgan fingerprint density at radius 3 is 1.95 bits per heavy atom. The van der Waals surface area contributed by atoms with Crippen LogP contribution in [-0.2, 0) is 28.7 Å². The second-order valence-corrected chi connectivity index (χ2v) is 9.91. The van der Waals surface area contributed by atoms with Crippen LogP contribution in [-0.4, -0.2) is 67.9 Å². The van der Waals surface area contributed by atoms with E-state index in [4.69, 9.17) is 14.2 Å². The minimum absolute atomic E-state index is 0.0757. The van der Waals surface area contributed by atoms with E-state index in [1.807, 2.05) is 12.1 Å². The van der Waals surface area contributed by atoms with E-state index in [1.54, 1.807) is 42.5 Å². The predicted molar refractivity (Wildman–Crippen MR) is 163 cm³/mol. The zero-order valence-corrected chi connectivity index (χ0v) is 24.8. The fraction of sp³-hybridized carbons (Fsp3) is 0.324.